The van der Waals surface area contributed by atoms with E-state index in [1.807, 2.05) is 24.3 Å². The molecule has 1 aromatic heterocycles. The number of amides is 1. The number of halogens is 1. The van der Waals surface area contributed by atoms with E-state index in [4.69, 9.17) is 11.6 Å². The van der Waals surface area contributed by atoms with Gasteiger partial charge < -0.3 is 9.88 Å². The molecule has 0 atom stereocenters. The van der Waals surface area contributed by atoms with Crippen LogP contribution >= 0.6 is 11.6 Å². The van der Waals surface area contributed by atoms with Gasteiger partial charge in [-0.15, -0.1) is 6.58 Å². The van der Waals surface area contributed by atoms with Crippen molar-refractivity contribution in [1.29, 1.82) is 0 Å². The summed E-state index contributed by atoms with van der Waals surface area (Å²) in [5, 5.41) is 3.77. The molecule has 1 amide bonds. The average molecular weight is 495 g/mol. The molecule has 1 aliphatic heterocycles. The third-order valence-corrected chi connectivity index (χ3v) is 6.88. The first-order chi connectivity index (χ1) is 17.0. The molecule has 0 radical (unpaired) electrons. The topological polar surface area (TPSA) is 76.3 Å². The summed E-state index contributed by atoms with van der Waals surface area (Å²) >= 11 is 5.97. The zero-order valence-electron chi connectivity index (χ0n) is 19.8. The number of aromatic nitrogens is 2. The summed E-state index contributed by atoms with van der Waals surface area (Å²) in [6, 6.07) is 15.2. The minimum atomic E-state index is -0.619. The predicted octanol–water partition coefficient (Wildman–Crippen LogP) is 3.42. The van der Waals surface area contributed by atoms with E-state index in [0.29, 0.717) is 23.5 Å². The van der Waals surface area contributed by atoms with Crippen LogP contribution in [0.5, 0.6) is 0 Å². The Hall–Kier alpha value is -3.16. The van der Waals surface area contributed by atoms with Crippen molar-refractivity contribution in [3.8, 4) is 0 Å². The highest BCUT2D eigenvalue weighted by atomic mass is 35.5. The van der Waals surface area contributed by atoms with Crippen LogP contribution in [0.2, 0.25) is 5.02 Å². The molecule has 1 aliphatic rings. The van der Waals surface area contributed by atoms with E-state index < -0.39 is 11.1 Å². The van der Waals surface area contributed by atoms with Crippen molar-refractivity contribution in [2.24, 2.45) is 5.92 Å². The van der Waals surface area contributed by atoms with Gasteiger partial charge in [-0.1, -0.05) is 41.9 Å². The molecule has 0 unspecified atom stereocenters. The second-order valence-electron chi connectivity index (χ2n) is 9.05. The fraction of sp³-hybridized carbons (Fsp3) is 0.370. The maximum atomic E-state index is 12.7. The number of hydrogen-bond donors (Lipinski definition) is 1. The molecule has 7 nitrogen and oxygen atoms in total. The zero-order valence-corrected chi connectivity index (χ0v) is 20.5. The van der Waals surface area contributed by atoms with Crippen molar-refractivity contribution in [2.45, 2.75) is 38.9 Å². The number of hydrogen-bond acceptors (Lipinski definition) is 4. The van der Waals surface area contributed by atoms with Crippen LogP contribution in [-0.2, 0) is 24.4 Å². The summed E-state index contributed by atoms with van der Waals surface area (Å²) in [5.41, 5.74) is 1.32. The first-order valence-corrected chi connectivity index (χ1v) is 12.4. The quantitative estimate of drug-likeness (QED) is 0.365. The lowest BCUT2D eigenvalue weighted by Gasteiger charge is -2.32. The van der Waals surface area contributed by atoms with Gasteiger partial charge in [-0.05, 0) is 61.7 Å². The van der Waals surface area contributed by atoms with Crippen molar-refractivity contribution in [1.82, 2.24) is 19.4 Å². The molecule has 2 heterocycles. The SMILES string of the molecule is C=CCn1c(=O)c(=O)n(CCC(=O)NCC2CCN(Cc3ccc(Cl)cc3)CC2)c2ccccc21. The standard InChI is InChI=1S/C27H31ClN4O3/c1-2-14-31-23-5-3-4-6-24(23)32(27(35)26(31)34)17-13-25(33)29-18-20-11-15-30(16-12-20)19-21-7-9-22(28)10-8-21/h2-10,20H,1,11-19H2,(H,29,33). The van der Waals surface area contributed by atoms with Gasteiger partial charge in [0.05, 0.1) is 11.0 Å². The summed E-state index contributed by atoms with van der Waals surface area (Å²) in [6.45, 7) is 7.61. The Balaban J connectivity index is 1.29. The van der Waals surface area contributed by atoms with Gasteiger partial charge in [0, 0.05) is 37.6 Å². The summed E-state index contributed by atoms with van der Waals surface area (Å²) in [5.74, 6) is 0.326. The van der Waals surface area contributed by atoms with E-state index in [9.17, 15) is 14.4 Å². The fourth-order valence-electron chi connectivity index (χ4n) is 4.66. The molecule has 1 fully saturated rings. The van der Waals surface area contributed by atoms with Gasteiger partial charge in [-0.25, -0.2) is 0 Å². The molecule has 1 N–H and O–H groups in total. The van der Waals surface area contributed by atoms with Gasteiger partial charge in [0.2, 0.25) is 5.91 Å². The normalized spacial score (nSPS) is 14.8. The maximum Gasteiger partial charge on any atom is 0.317 e. The van der Waals surface area contributed by atoms with Crippen molar-refractivity contribution < 1.29 is 4.79 Å². The number of benzene rings is 2. The van der Waals surface area contributed by atoms with Crippen molar-refractivity contribution in [3.63, 3.8) is 0 Å². The van der Waals surface area contributed by atoms with E-state index in [2.05, 4.69) is 28.9 Å². The molecule has 0 bridgehead atoms. The number of piperidine rings is 1. The molecule has 4 rings (SSSR count). The molecule has 0 saturated carbocycles. The summed E-state index contributed by atoms with van der Waals surface area (Å²) in [7, 11) is 0. The molecule has 3 aromatic rings. The van der Waals surface area contributed by atoms with Crippen LogP contribution in [0.25, 0.3) is 11.0 Å². The van der Waals surface area contributed by atoms with Gasteiger partial charge in [-0.2, -0.15) is 0 Å². The zero-order chi connectivity index (χ0) is 24.8. The second kappa shape index (κ2) is 11.5. The van der Waals surface area contributed by atoms with Crippen LogP contribution in [0.4, 0.5) is 0 Å². The minimum Gasteiger partial charge on any atom is -0.356 e. The number of aryl methyl sites for hydroxylation is 1. The van der Waals surface area contributed by atoms with Crippen LogP contribution in [0, 0.1) is 5.92 Å². The van der Waals surface area contributed by atoms with E-state index in [-0.39, 0.29) is 25.4 Å². The summed E-state index contributed by atoms with van der Waals surface area (Å²) in [4.78, 5) is 40.3. The lowest BCUT2D eigenvalue weighted by molar-refractivity contribution is -0.121. The van der Waals surface area contributed by atoms with Crippen molar-refractivity contribution >= 4 is 28.5 Å². The van der Waals surface area contributed by atoms with E-state index in [0.717, 1.165) is 37.5 Å². The number of carbonyl (C=O) groups excluding carboxylic acids is 1. The highest BCUT2D eigenvalue weighted by Crippen LogP contribution is 2.19. The highest BCUT2D eigenvalue weighted by molar-refractivity contribution is 6.30. The number of rotatable bonds is 9. The van der Waals surface area contributed by atoms with Gasteiger partial charge >= 0.3 is 11.1 Å². The second-order valence-corrected chi connectivity index (χ2v) is 9.49. The number of allylic oxidation sites excluding steroid dienone is 1. The number of likely N-dealkylation sites (tertiary alicyclic amines) is 1. The third kappa shape index (κ3) is 6.10. The van der Waals surface area contributed by atoms with E-state index >= 15 is 0 Å². The molecule has 2 aromatic carbocycles. The number of nitrogens with one attached hydrogen (secondary N) is 1. The highest BCUT2D eigenvalue weighted by Gasteiger charge is 2.20. The smallest absolute Gasteiger partial charge is 0.317 e. The summed E-state index contributed by atoms with van der Waals surface area (Å²) < 4.78 is 2.83. The van der Waals surface area contributed by atoms with Gasteiger partial charge in [0.25, 0.3) is 0 Å². The van der Waals surface area contributed by atoms with Crippen molar-refractivity contribution in [3.05, 3.63) is 92.5 Å². The number of nitrogens with zero attached hydrogens (tertiary/aromatic N) is 3. The number of carbonyl (C=O) groups is 1. The lowest BCUT2D eigenvalue weighted by Crippen LogP contribution is -2.42. The molecular formula is C27H31ClN4O3. The first kappa shape index (κ1) is 24.9. The molecule has 8 heteroatoms. The van der Waals surface area contributed by atoms with Crippen LogP contribution in [0.1, 0.15) is 24.8 Å². The number of fused-ring (bicyclic) bond motifs is 1. The first-order valence-electron chi connectivity index (χ1n) is 12.0. The number of para-hydroxylation sites is 2. The lowest BCUT2D eigenvalue weighted by atomic mass is 9.96. The Morgan fingerprint density at radius 2 is 1.63 bits per heavy atom. The Morgan fingerprint density at radius 1 is 1.00 bits per heavy atom. The average Bonchev–Trinajstić information content (AvgIpc) is 2.87. The molecule has 184 valence electrons. The Labute approximate surface area is 209 Å². The fourth-order valence-corrected chi connectivity index (χ4v) is 4.79. The molecule has 0 spiro atoms. The maximum absolute atomic E-state index is 12.7. The van der Waals surface area contributed by atoms with Gasteiger partial charge in [0.1, 0.15) is 0 Å². The minimum absolute atomic E-state index is 0.111. The van der Waals surface area contributed by atoms with Crippen molar-refractivity contribution in [2.75, 3.05) is 19.6 Å². The summed E-state index contributed by atoms with van der Waals surface area (Å²) in [6.07, 6.45) is 3.79. The van der Waals surface area contributed by atoms with Crippen LogP contribution in [-0.4, -0.2) is 39.6 Å². The van der Waals surface area contributed by atoms with Gasteiger partial charge in [0.15, 0.2) is 0 Å². The molecule has 0 aliphatic carbocycles. The van der Waals surface area contributed by atoms with Crippen LogP contribution in [0.3, 0.4) is 0 Å². The van der Waals surface area contributed by atoms with Crippen LogP contribution < -0.4 is 16.4 Å². The Bertz CT molecular complexity index is 1300. The molecule has 35 heavy (non-hydrogen) atoms. The monoisotopic (exact) mass is 494 g/mol. The van der Waals surface area contributed by atoms with Gasteiger partial charge in [-0.3, -0.25) is 23.9 Å². The largest absolute Gasteiger partial charge is 0.356 e. The Morgan fingerprint density at radius 3 is 2.29 bits per heavy atom. The Kier molecular flexibility index (Phi) is 8.21. The van der Waals surface area contributed by atoms with E-state index in [1.54, 1.807) is 18.2 Å². The molecular weight excluding hydrogens is 464 g/mol. The molecule has 1 saturated heterocycles. The van der Waals surface area contributed by atoms with E-state index in [1.165, 1.54) is 14.7 Å². The third-order valence-electron chi connectivity index (χ3n) is 6.63. The van der Waals surface area contributed by atoms with Crippen LogP contribution in [0.15, 0.2) is 70.8 Å². The predicted molar refractivity (Wildman–Crippen MR) is 140 cm³/mol.